The number of rotatable bonds is 12. The molecule has 35 heavy (non-hydrogen) atoms. The van der Waals surface area contributed by atoms with Crippen LogP contribution in [0.3, 0.4) is 0 Å². The first-order chi connectivity index (χ1) is 16.8. The van der Waals surface area contributed by atoms with Crippen LogP contribution in [0, 0.1) is 17.8 Å². The van der Waals surface area contributed by atoms with E-state index in [1.807, 2.05) is 0 Å². The van der Waals surface area contributed by atoms with Crippen molar-refractivity contribution >= 4 is 5.91 Å². The average molecular weight is 504 g/mol. The number of piperazine rings is 1. The monoisotopic (exact) mass is 503 g/mol. The van der Waals surface area contributed by atoms with Crippen LogP contribution in [0.15, 0.2) is 11.8 Å². The first-order valence-corrected chi connectivity index (χ1v) is 13.4. The van der Waals surface area contributed by atoms with Crippen molar-refractivity contribution in [1.82, 2.24) is 15.1 Å². The Bertz CT molecular complexity index is 658. The number of nitrogens with one attached hydrogen (secondary N) is 1. The third-order valence-electron chi connectivity index (χ3n) is 7.90. The number of alkyl halides is 3. The maximum absolute atomic E-state index is 13.1. The summed E-state index contributed by atoms with van der Waals surface area (Å²) >= 11 is 0. The molecule has 1 amide bonds. The van der Waals surface area contributed by atoms with Gasteiger partial charge in [-0.1, -0.05) is 31.8 Å². The Morgan fingerprint density at radius 1 is 1.03 bits per heavy atom. The fourth-order valence-electron chi connectivity index (χ4n) is 5.63. The van der Waals surface area contributed by atoms with Crippen LogP contribution >= 0.6 is 0 Å². The van der Waals surface area contributed by atoms with E-state index >= 15 is 0 Å². The van der Waals surface area contributed by atoms with E-state index in [1.54, 1.807) is 7.11 Å². The van der Waals surface area contributed by atoms with Crippen LogP contribution in [-0.2, 0) is 14.3 Å². The molecule has 0 aromatic heterocycles. The molecule has 2 aliphatic carbocycles. The first kappa shape index (κ1) is 28.3. The molecule has 3 aliphatic rings. The molecule has 0 bridgehead atoms. The number of ether oxygens (including phenoxy) is 2. The molecule has 6 nitrogen and oxygen atoms in total. The summed E-state index contributed by atoms with van der Waals surface area (Å²) in [5, 5.41) is 2.95. The minimum Gasteiger partial charge on any atom is -0.382 e. The lowest BCUT2D eigenvalue weighted by atomic mass is 9.79. The Labute approximate surface area is 208 Å². The number of hydrogen-bond acceptors (Lipinski definition) is 5. The zero-order valence-electron chi connectivity index (χ0n) is 21.3. The van der Waals surface area contributed by atoms with Gasteiger partial charge in [0, 0.05) is 45.5 Å². The number of halogens is 3. The van der Waals surface area contributed by atoms with Crippen molar-refractivity contribution in [2.75, 3.05) is 66.2 Å². The van der Waals surface area contributed by atoms with Crippen LogP contribution in [0.4, 0.5) is 13.2 Å². The second-order valence-corrected chi connectivity index (χ2v) is 10.4. The normalized spacial score (nSPS) is 26.5. The van der Waals surface area contributed by atoms with Gasteiger partial charge in [0.05, 0.1) is 19.1 Å². The van der Waals surface area contributed by atoms with Crippen molar-refractivity contribution < 1.29 is 27.4 Å². The number of nitrogens with zero attached hydrogens (tertiary/aromatic N) is 2. The highest BCUT2D eigenvalue weighted by atomic mass is 19.4. The summed E-state index contributed by atoms with van der Waals surface area (Å²) in [6.07, 6.45) is 6.23. The Balaban J connectivity index is 1.24. The maximum atomic E-state index is 13.1. The van der Waals surface area contributed by atoms with E-state index in [-0.39, 0.29) is 18.9 Å². The fraction of sp³-hybridized carbons (Fsp3) is 0.885. The maximum Gasteiger partial charge on any atom is 0.395 e. The molecule has 9 heteroatoms. The predicted octanol–water partition coefficient (Wildman–Crippen LogP) is 4.22. The minimum atomic E-state index is -4.11. The average Bonchev–Trinajstić information content (AvgIpc) is 2.86. The molecule has 1 saturated carbocycles. The van der Waals surface area contributed by atoms with Crippen molar-refractivity contribution in [1.29, 1.82) is 0 Å². The lowest BCUT2D eigenvalue weighted by Gasteiger charge is -2.40. The Morgan fingerprint density at radius 2 is 1.71 bits per heavy atom. The van der Waals surface area contributed by atoms with Gasteiger partial charge in [-0.3, -0.25) is 9.69 Å². The van der Waals surface area contributed by atoms with E-state index in [9.17, 15) is 18.0 Å². The Morgan fingerprint density at radius 3 is 2.37 bits per heavy atom. The lowest BCUT2D eigenvalue weighted by molar-refractivity contribution is -0.164. The number of carbonyl (C=O) groups is 1. The molecule has 0 aromatic rings. The SMILES string of the molecule is COCCOCC(=O)NCCC1CCC(CCN2CCN(C3=CC(C(F)(F)F)CCC3)CC2)CC1. The summed E-state index contributed by atoms with van der Waals surface area (Å²) < 4.78 is 49.4. The van der Waals surface area contributed by atoms with E-state index in [2.05, 4.69) is 15.1 Å². The van der Waals surface area contributed by atoms with Gasteiger partial charge < -0.3 is 19.7 Å². The highest BCUT2D eigenvalue weighted by molar-refractivity contribution is 5.77. The van der Waals surface area contributed by atoms with Crippen LogP contribution in [0.25, 0.3) is 0 Å². The minimum absolute atomic E-state index is 0.0603. The fourth-order valence-corrected chi connectivity index (χ4v) is 5.63. The molecule has 1 unspecified atom stereocenters. The second-order valence-electron chi connectivity index (χ2n) is 10.4. The molecule has 3 rings (SSSR count). The molecule has 1 atom stereocenters. The van der Waals surface area contributed by atoms with Crippen molar-refractivity contribution in [3.63, 3.8) is 0 Å². The number of amides is 1. The van der Waals surface area contributed by atoms with Crippen LogP contribution in [0.1, 0.15) is 57.8 Å². The lowest BCUT2D eigenvalue weighted by Crippen LogP contribution is -2.46. The van der Waals surface area contributed by atoms with Crippen LogP contribution in [0.2, 0.25) is 0 Å². The summed E-state index contributed by atoms with van der Waals surface area (Å²) in [7, 11) is 1.61. The second kappa shape index (κ2) is 14.4. The molecular weight excluding hydrogens is 459 g/mol. The molecule has 1 aliphatic heterocycles. The van der Waals surface area contributed by atoms with Gasteiger partial charge in [0.2, 0.25) is 5.91 Å². The molecule has 202 valence electrons. The first-order valence-electron chi connectivity index (χ1n) is 13.4. The van der Waals surface area contributed by atoms with E-state index < -0.39 is 12.1 Å². The van der Waals surface area contributed by atoms with E-state index in [4.69, 9.17) is 9.47 Å². The van der Waals surface area contributed by atoms with Gasteiger partial charge in [0.1, 0.15) is 6.61 Å². The molecule has 0 aromatic carbocycles. The standard InChI is InChI=1S/C26H44F3N3O3/c1-34-17-18-35-20-25(33)30-11-9-21-5-7-22(8-6-21)10-12-31-13-15-32(16-14-31)24-4-2-3-23(19-24)26(27,28)29/h19,21-23H,2-18,20H2,1H3,(H,30,33). The smallest absolute Gasteiger partial charge is 0.382 e. The predicted molar refractivity (Wildman–Crippen MR) is 130 cm³/mol. The van der Waals surface area contributed by atoms with Crippen molar-refractivity contribution in [3.05, 3.63) is 11.8 Å². The van der Waals surface area contributed by atoms with Gasteiger partial charge in [0.15, 0.2) is 0 Å². The number of allylic oxidation sites excluding steroid dienone is 2. The topological polar surface area (TPSA) is 54.0 Å². The van der Waals surface area contributed by atoms with Gasteiger partial charge in [-0.05, 0) is 50.5 Å². The van der Waals surface area contributed by atoms with Crippen molar-refractivity contribution in [2.24, 2.45) is 17.8 Å². The molecule has 0 spiro atoms. The largest absolute Gasteiger partial charge is 0.395 e. The van der Waals surface area contributed by atoms with Crippen LogP contribution in [-0.4, -0.2) is 88.1 Å². The van der Waals surface area contributed by atoms with Crippen LogP contribution in [0.5, 0.6) is 0 Å². The van der Waals surface area contributed by atoms with E-state index in [0.29, 0.717) is 32.1 Å². The highest BCUT2D eigenvalue weighted by Gasteiger charge is 2.39. The summed E-state index contributed by atoms with van der Waals surface area (Å²) in [4.78, 5) is 16.4. The number of methoxy groups -OCH3 is 1. The molecule has 1 heterocycles. The van der Waals surface area contributed by atoms with Crippen LogP contribution < -0.4 is 5.32 Å². The van der Waals surface area contributed by atoms with E-state index in [0.717, 1.165) is 57.2 Å². The van der Waals surface area contributed by atoms with Gasteiger partial charge in [-0.15, -0.1) is 0 Å². The van der Waals surface area contributed by atoms with Gasteiger partial charge in [0.25, 0.3) is 0 Å². The Hall–Kier alpha value is -1.32. The summed E-state index contributed by atoms with van der Waals surface area (Å²) in [5.74, 6) is 0.126. The van der Waals surface area contributed by atoms with Gasteiger partial charge in [-0.2, -0.15) is 13.2 Å². The highest BCUT2D eigenvalue weighted by Crippen LogP contribution is 2.37. The summed E-state index contributed by atoms with van der Waals surface area (Å²) in [6, 6.07) is 0. The molecular formula is C26H44F3N3O3. The quantitative estimate of drug-likeness (QED) is 0.404. The zero-order chi connectivity index (χ0) is 25.1. The Kier molecular flexibility index (Phi) is 11.6. The molecule has 1 N–H and O–H groups in total. The third-order valence-corrected chi connectivity index (χ3v) is 7.90. The third kappa shape index (κ3) is 9.92. The molecule has 1 saturated heterocycles. The number of hydrogen-bond donors (Lipinski definition) is 1. The summed E-state index contributed by atoms with van der Waals surface area (Å²) in [6.45, 7) is 6.39. The zero-order valence-corrected chi connectivity index (χ0v) is 21.3. The van der Waals surface area contributed by atoms with Gasteiger partial charge in [-0.25, -0.2) is 0 Å². The van der Waals surface area contributed by atoms with E-state index in [1.165, 1.54) is 38.2 Å². The van der Waals surface area contributed by atoms with Crippen molar-refractivity contribution in [2.45, 2.75) is 64.0 Å². The van der Waals surface area contributed by atoms with Gasteiger partial charge >= 0.3 is 6.18 Å². The molecule has 2 fully saturated rings. The molecule has 0 radical (unpaired) electrons. The van der Waals surface area contributed by atoms with Crippen molar-refractivity contribution in [3.8, 4) is 0 Å². The summed E-state index contributed by atoms with van der Waals surface area (Å²) in [5.41, 5.74) is 0.909. The number of carbonyl (C=O) groups excluding carboxylic acids is 1.